The van der Waals surface area contributed by atoms with Crippen molar-refractivity contribution in [2.75, 3.05) is 5.73 Å². The largest absolute Gasteiger partial charge is 0.383 e. The van der Waals surface area contributed by atoms with Crippen LogP contribution in [0, 0.1) is 0 Å². The number of benzene rings is 1. The normalized spacial score (nSPS) is 15.9. The highest BCUT2D eigenvalue weighted by Crippen LogP contribution is 2.37. The molecule has 0 aliphatic heterocycles. The molecule has 1 saturated carbocycles. The van der Waals surface area contributed by atoms with Gasteiger partial charge in [0.1, 0.15) is 17.3 Å². The van der Waals surface area contributed by atoms with Crippen molar-refractivity contribution in [2.24, 2.45) is 0 Å². The first-order valence-electron chi connectivity index (χ1n) is 7.32. The molecule has 3 rings (SSSR count). The van der Waals surface area contributed by atoms with Gasteiger partial charge in [-0.2, -0.15) is 0 Å². The van der Waals surface area contributed by atoms with E-state index >= 15 is 0 Å². The summed E-state index contributed by atoms with van der Waals surface area (Å²) in [6.07, 6.45) is 5.05. The van der Waals surface area contributed by atoms with Crippen LogP contribution in [0.1, 0.15) is 44.3 Å². The summed E-state index contributed by atoms with van der Waals surface area (Å²) in [4.78, 5) is 4.85. The molecule has 2 N–H and O–H groups in total. The molecule has 0 radical (unpaired) electrons. The first kappa shape index (κ1) is 13.5. The Bertz CT molecular complexity index is 612. The number of nitrogens with zero attached hydrogens (tertiary/aromatic N) is 2. The molecule has 1 fully saturated rings. The third-order valence-electron chi connectivity index (χ3n) is 4.17. The third-order valence-corrected chi connectivity index (χ3v) is 4.41. The van der Waals surface area contributed by atoms with E-state index in [4.69, 9.17) is 22.3 Å². The van der Waals surface area contributed by atoms with E-state index in [1.165, 1.54) is 25.7 Å². The molecule has 3 nitrogen and oxygen atoms in total. The molecule has 0 saturated heterocycles. The summed E-state index contributed by atoms with van der Waals surface area (Å²) in [6.45, 7) is 2.99. The van der Waals surface area contributed by atoms with Crippen LogP contribution in [0.4, 0.5) is 5.82 Å². The SMILES string of the molecule is CCn1c(C2CCCC2)nc(-c2cccc(Cl)c2)c1N. The molecule has 0 bridgehead atoms. The summed E-state index contributed by atoms with van der Waals surface area (Å²) >= 11 is 6.08. The lowest BCUT2D eigenvalue weighted by atomic mass is 10.1. The summed E-state index contributed by atoms with van der Waals surface area (Å²) in [5.74, 6) is 2.47. The molecule has 1 aliphatic carbocycles. The fourth-order valence-electron chi connectivity index (χ4n) is 3.16. The maximum absolute atomic E-state index is 6.32. The molecule has 1 heterocycles. The quantitative estimate of drug-likeness (QED) is 0.906. The van der Waals surface area contributed by atoms with E-state index < -0.39 is 0 Å². The van der Waals surface area contributed by atoms with Crippen LogP contribution in [-0.2, 0) is 6.54 Å². The van der Waals surface area contributed by atoms with Crippen LogP contribution in [0.2, 0.25) is 5.02 Å². The highest BCUT2D eigenvalue weighted by Gasteiger charge is 2.25. The van der Waals surface area contributed by atoms with Gasteiger partial charge < -0.3 is 10.3 Å². The zero-order chi connectivity index (χ0) is 14.1. The van der Waals surface area contributed by atoms with E-state index in [-0.39, 0.29) is 0 Å². The van der Waals surface area contributed by atoms with Crippen molar-refractivity contribution < 1.29 is 0 Å². The van der Waals surface area contributed by atoms with Crippen LogP contribution in [0.5, 0.6) is 0 Å². The van der Waals surface area contributed by atoms with Crippen LogP contribution in [0.3, 0.4) is 0 Å². The van der Waals surface area contributed by atoms with Crippen LogP contribution in [0.15, 0.2) is 24.3 Å². The minimum atomic E-state index is 0.560. The minimum Gasteiger partial charge on any atom is -0.383 e. The third kappa shape index (κ3) is 2.31. The molecule has 2 aromatic rings. The number of hydrogen-bond donors (Lipinski definition) is 1. The van der Waals surface area contributed by atoms with Crippen LogP contribution < -0.4 is 5.73 Å². The monoisotopic (exact) mass is 289 g/mol. The Kier molecular flexibility index (Phi) is 3.70. The molecule has 20 heavy (non-hydrogen) atoms. The van der Waals surface area contributed by atoms with Crippen molar-refractivity contribution in [3.8, 4) is 11.3 Å². The average Bonchev–Trinajstić information content (AvgIpc) is 3.05. The predicted octanol–water partition coefficient (Wildman–Crippen LogP) is 4.46. The number of nitrogen functional groups attached to an aromatic ring is 1. The zero-order valence-corrected chi connectivity index (χ0v) is 12.5. The highest BCUT2D eigenvalue weighted by molar-refractivity contribution is 6.30. The van der Waals surface area contributed by atoms with Crippen molar-refractivity contribution in [1.82, 2.24) is 9.55 Å². The molecular weight excluding hydrogens is 270 g/mol. The molecule has 0 amide bonds. The Morgan fingerprint density at radius 2 is 2.10 bits per heavy atom. The number of rotatable bonds is 3. The van der Waals surface area contributed by atoms with Crippen molar-refractivity contribution in [1.29, 1.82) is 0 Å². The zero-order valence-electron chi connectivity index (χ0n) is 11.8. The maximum atomic E-state index is 6.32. The van der Waals surface area contributed by atoms with Crippen LogP contribution >= 0.6 is 11.6 Å². The lowest BCUT2D eigenvalue weighted by Crippen LogP contribution is -2.08. The van der Waals surface area contributed by atoms with E-state index in [0.717, 1.165) is 34.5 Å². The van der Waals surface area contributed by atoms with Gasteiger partial charge in [0.05, 0.1) is 0 Å². The minimum absolute atomic E-state index is 0.560. The second kappa shape index (κ2) is 5.49. The molecule has 0 spiro atoms. The Balaban J connectivity index is 2.08. The second-order valence-electron chi connectivity index (χ2n) is 5.44. The van der Waals surface area contributed by atoms with Gasteiger partial charge in [-0.25, -0.2) is 4.98 Å². The van der Waals surface area contributed by atoms with E-state index in [1.807, 2.05) is 24.3 Å². The van der Waals surface area contributed by atoms with E-state index in [2.05, 4.69) is 11.5 Å². The predicted molar refractivity (Wildman–Crippen MR) is 84.0 cm³/mol. The molecule has 0 unspecified atom stereocenters. The number of anilines is 1. The van der Waals surface area contributed by atoms with Gasteiger partial charge in [0, 0.05) is 23.0 Å². The van der Waals surface area contributed by atoms with Gasteiger partial charge in [-0.3, -0.25) is 0 Å². The van der Waals surface area contributed by atoms with Crippen molar-refractivity contribution in [3.63, 3.8) is 0 Å². The molecule has 0 atom stereocenters. The number of imidazole rings is 1. The fraction of sp³-hybridized carbons (Fsp3) is 0.438. The number of hydrogen-bond acceptors (Lipinski definition) is 2. The molecule has 1 aliphatic rings. The Morgan fingerprint density at radius 3 is 2.75 bits per heavy atom. The summed E-state index contributed by atoms with van der Waals surface area (Å²) in [5.41, 5.74) is 8.19. The molecule has 106 valence electrons. The second-order valence-corrected chi connectivity index (χ2v) is 5.88. The van der Waals surface area contributed by atoms with Gasteiger partial charge in [0.15, 0.2) is 0 Å². The number of halogens is 1. The van der Waals surface area contributed by atoms with E-state index in [0.29, 0.717) is 5.92 Å². The summed E-state index contributed by atoms with van der Waals surface area (Å²) in [7, 11) is 0. The summed E-state index contributed by atoms with van der Waals surface area (Å²) in [6, 6.07) is 7.76. The van der Waals surface area contributed by atoms with Crippen LogP contribution in [0.25, 0.3) is 11.3 Å². The summed E-state index contributed by atoms with van der Waals surface area (Å²) in [5, 5.41) is 0.718. The smallest absolute Gasteiger partial charge is 0.131 e. The average molecular weight is 290 g/mol. The fourth-order valence-corrected chi connectivity index (χ4v) is 3.35. The van der Waals surface area contributed by atoms with Gasteiger partial charge in [0.25, 0.3) is 0 Å². The summed E-state index contributed by atoms with van der Waals surface area (Å²) < 4.78 is 2.16. The van der Waals surface area contributed by atoms with Gasteiger partial charge in [-0.1, -0.05) is 36.6 Å². The molecule has 1 aromatic carbocycles. The van der Waals surface area contributed by atoms with E-state index in [9.17, 15) is 0 Å². The van der Waals surface area contributed by atoms with Gasteiger partial charge >= 0.3 is 0 Å². The van der Waals surface area contributed by atoms with Gasteiger partial charge in [0.2, 0.25) is 0 Å². The highest BCUT2D eigenvalue weighted by atomic mass is 35.5. The van der Waals surface area contributed by atoms with Crippen molar-refractivity contribution in [3.05, 3.63) is 35.1 Å². The molecular formula is C16H20ClN3. The molecule has 1 aromatic heterocycles. The topological polar surface area (TPSA) is 43.8 Å². The van der Waals surface area contributed by atoms with E-state index in [1.54, 1.807) is 0 Å². The molecule has 4 heteroatoms. The lowest BCUT2D eigenvalue weighted by molar-refractivity contribution is 0.604. The van der Waals surface area contributed by atoms with Crippen molar-refractivity contribution >= 4 is 17.4 Å². The first-order chi connectivity index (χ1) is 9.70. The Hall–Kier alpha value is -1.48. The number of nitrogens with two attached hydrogens (primary N) is 1. The van der Waals surface area contributed by atoms with Crippen LogP contribution in [-0.4, -0.2) is 9.55 Å². The Labute approximate surface area is 124 Å². The maximum Gasteiger partial charge on any atom is 0.131 e. The lowest BCUT2D eigenvalue weighted by Gasteiger charge is -2.11. The van der Waals surface area contributed by atoms with Gasteiger partial charge in [-0.15, -0.1) is 0 Å². The van der Waals surface area contributed by atoms with Gasteiger partial charge in [-0.05, 0) is 31.9 Å². The Morgan fingerprint density at radius 1 is 1.35 bits per heavy atom. The standard InChI is InChI=1S/C16H20ClN3/c1-2-20-15(18)14(12-8-5-9-13(17)10-12)19-16(20)11-6-3-4-7-11/h5,8-11H,2-4,6-7,18H2,1H3. The number of aromatic nitrogens is 2. The van der Waals surface area contributed by atoms with Crippen molar-refractivity contribution in [2.45, 2.75) is 45.1 Å². The first-order valence-corrected chi connectivity index (χ1v) is 7.70.